The van der Waals surface area contributed by atoms with Gasteiger partial charge in [0, 0.05) is 5.56 Å². The van der Waals surface area contributed by atoms with Gasteiger partial charge in [-0.2, -0.15) is 0 Å². The normalized spacial score (nSPS) is 16.7. The number of allylic oxidation sites excluding steroid dienone is 1. The lowest BCUT2D eigenvalue weighted by molar-refractivity contribution is -0.109. The molecule has 1 unspecified atom stereocenters. The fourth-order valence-electron chi connectivity index (χ4n) is 2.54. The molecule has 0 aromatic heterocycles. The molecule has 0 fully saturated rings. The molecule has 1 atom stereocenters. The number of carbonyl (C=O) groups excluding carboxylic acids is 1. The zero-order valence-electron chi connectivity index (χ0n) is 12.1. The molecule has 1 aliphatic rings. The predicted molar refractivity (Wildman–Crippen MR) is 81.6 cm³/mol. The predicted octanol–water partition coefficient (Wildman–Crippen LogP) is 2.71. The monoisotopic (exact) mass is 314 g/mol. The maximum Gasteiger partial charge on any atom is 0.201 e. The van der Waals surface area contributed by atoms with E-state index in [0.717, 1.165) is 11.6 Å². The summed E-state index contributed by atoms with van der Waals surface area (Å²) in [6, 6.07) is 7.60. The number of aliphatic hydroxyl groups is 1. The Balaban J connectivity index is 2.20. The lowest BCUT2D eigenvalue weighted by Crippen LogP contribution is -2.16. The summed E-state index contributed by atoms with van der Waals surface area (Å²) in [5.41, 5.74) is 1.39. The summed E-state index contributed by atoms with van der Waals surface area (Å²) >= 11 is 0. The SMILES string of the molecule is Cc1ccc2c(c1)C(C=O)C(O)=C(c1ccc(O)c(O)c1O)O2. The number of aldehydes is 1. The summed E-state index contributed by atoms with van der Waals surface area (Å²) in [6.07, 6.45) is 0.577. The Bertz CT molecular complexity index is 837. The molecule has 4 N–H and O–H groups in total. The van der Waals surface area contributed by atoms with E-state index in [-0.39, 0.29) is 17.1 Å². The second kappa shape index (κ2) is 5.24. The van der Waals surface area contributed by atoms with Gasteiger partial charge in [-0.3, -0.25) is 0 Å². The second-order valence-electron chi connectivity index (χ2n) is 5.30. The number of aliphatic hydroxyl groups excluding tert-OH is 1. The molecule has 118 valence electrons. The van der Waals surface area contributed by atoms with Crippen molar-refractivity contribution in [3.05, 3.63) is 52.8 Å². The van der Waals surface area contributed by atoms with Crippen LogP contribution in [0.2, 0.25) is 0 Å². The highest BCUT2D eigenvalue weighted by Crippen LogP contribution is 2.46. The second-order valence-corrected chi connectivity index (χ2v) is 5.30. The molecule has 1 heterocycles. The molecule has 23 heavy (non-hydrogen) atoms. The summed E-state index contributed by atoms with van der Waals surface area (Å²) < 4.78 is 5.61. The van der Waals surface area contributed by atoms with Gasteiger partial charge in [0.25, 0.3) is 0 Å². The molecular formula is C17H14O6. The minimum atomic E-state index is -0.941. The van der Waals surface area contributed by atoms with Crippen LogP contribution in [-0.4, -0.2) is 26.7 Å². The van der Waals surface area contributed by atoms with Crippen LogP contribution in [0.1, 0.15) is 22.6 Å². The van der Waals surface area contributed by atoms with Crippen molar-refractivity contribution in [1.29, 1.82) is 0 Å². The molecule has 2 aromatic carbocycles. The van der Waals surface area contributed by atoms with E-state index in [9.17, 15) is 25.2 Å². The molecule has 0 bridgehead atoms. The standard InChI is InChI=1S/C17H14O6/c1-8-2-5-13-10(6-8)11(7-18)15(21)17(23-13)9-3-4-12(19)16(22)14(9)20/h2-7,11,19-22H,1H3. The summed E-state index contributed by atoms with van der Waals surface area (Å²) in [7, 11) is 0. The number of hydrogen-bond donors (Lipinski definition) is 4. The van der Waals surface area contributed by atoms with Crippen LogP contribution in [-0.2, 0) is 4.79 Å². The zero-order chi connectivity index (χ0) is 16.7. The molecule has 0 amide bonds. The average molecular weight is 314 g/mol. The fourth-order valence-corrected chi connectivity index (χ4v) is 2.54. The minimum absolute atomic E-state index is 0.0316. The van der Waals surface area contributed by atoms with Gasteiger partial charge in [0.05, 0.1) is 5.56 Å². The van der Waals surface area contributed by atoms with Crippen LogP contribution >= 0.6 is 0 Å². The van der Waals surface area contributed by atoms with Crippen molar-refractivity contribution in [1.82, 2.24) is 0 Å². The van der Waals surface area contributed by atoms with E-state index in [2.05, 4.69) is 0 Å². The lowest BCUT2D eigenvalue weighted by atomic mass is 9.91. The number of aryl methyl sites for hydroxylation is 1. The number of rotatable bonds is 2. The molecule has 2 aromatic rings. The number of hydrogen-bond acceptors (Lipinski definition) is 6. The van der Waals surface area contributed by atoms with Gasteiger partial charge in [0.15, 0.2) is 23.0 Å². The Kier molecular flexibility index (Phi) is 3.37. The van der Waals surface area contributed by atoms with Crippen molar-refractivity contribution in [3.63, 3.8) is 0 Å². The number of benzene rings is 2. The van der Waals surface area contributed by atoms with Gasteiger partial charge in [-0.05, 0) is 25.1 Å². The van der Waals surface area contributed by atoms with Crippen molar-refractivity contribution in [2.45, 2.75) is 12.8 Å². The van der Waals surface area contributed by atoms with Crippen LogP contribution in [0.4, 0.5) is 0 Å². The quantitative estimate of drug-likeness (QED) is 0.501. The Morgan fingerprint density at radius 1 is 1.04 bits per heavy atom. The van der Waals surface area contributed by atoms with Crippen LogP contribution in [0.15, 0.2) is 36.1 Å². The maximum absolute atomic E-state index is 11.4. The molecule has 0 saturated heterocycles. The van der Waals surface area contributed by atoms with E-state index >= 15 is 0 Å². The van der Waals surface area contributed by atoms with Gasteiger partial charge in [0.1, 0.15) is 18.0 Å². The number of aromatic hydroxyl groups is 3. The first-order valence-corrected chi connectivity index (χ1v) is 6.85. The zero-order valence-corrected chi connectivity index (χ0v) is 12.1. The Hall–Kier alpha value is -3.15. The third-order valence-corrected chi connectivity index (χ3v) is 3.75. The molecule has 0 aliphatic carbocycles. The van der Waals surface area contributed by atoms with Crippen molar-refractivity contribution >= 4 is 12.0 Å². The molecule has 6 nitrogen and oxygen atoms in total. The molecule has 0 spiro atoms. The van der Waals surface area contributed by atoms with Gasteiger partial charge < -0.3 is 30.0 Å². The van der Waals surface area contributed by atoms with Crippen molar-refractivity contribution in [3.8, 4) is 23.0 Å². The van der Waals surface area contributed by atoms with E-state index in [1.54, 1.807) is 18.2 Å². The van der Waals surface area contributed by atoms with Gasteiger partial charge in [-0.25, -0.2) is 0 Å². The van der Waals surface area contributed by atoms with Gasteiger partial charge in [0.2, 0.25) is 5.75 Å². The van der Waals surface area contributed by atoms with E-state index in [1.807, 2.05) is 6.92 Å². The number of fused-ring (bicyclic) bond motifs is 1. The number of ether oxygens (including phenoxy) is 1. The summed E-state index contributed by atoms with van der Waals surface area (Å²) in [6.45, 7) is 1.85. The average Bonchev–Trinajstić information content (AvgIpc) is 2.53. The highest BCUT2D eigenvalue weighted by molar-refractivity contribution is 5.81. The van der Waals surface area contributed by atoms with E-state index in [4.69, 9.17) is 4.74 Å². The first-order chi connectivity index (χ1) is 10.9. The van der Waals surface area contributed by atoms with E-state index in [0.29, 0.717) is 17.6 Å². The van der Waals surface area contributed by atoms with Gasteiger partial charge >= 0.3 is 0 Å². The topological polar surface area (TPSA) is 107 Å². The van der Waals surface area contributed by atoms with E-state index < -0.39 is 23.2 Å². The van der Waals surface area contributed by atoms with E-state index in [1.165, 1.54) is 6.07 Å². The third kappa shape index (κ3) is 2.24. The number of carbonyl (C=O) groups is 1. The summed E-state index contributed by atoms with van der Waals surface area (Å²) in [5, 5.41) is 39.4. The van der Waals surface area contributed by atoms with Crippen LogP contribution in [0.3, 0.4) is 0 Å². The fraction of sp³-hybridized carbons (Fsp3) is 0.118. The molecule has 6 heteroatoms. The van der Waals surface area contributed by atoms with Crippen molar-refractivity contribution < 1.29 is 30.0 Å². The van der Waals surface area contributed by atoms with Crippen molar-refractivity contribution in [2.24, 2.45) is 0 Å². The number of phenols is 3. The third-order valence-electron chi connectivity index (χ3n) is 3.75. The molecule has 0 saturated carbocycles. The summed E-state index contributed by atoms with van der Waals surface area (Å²) in [4.78, 5) is 11.4. The summed E-state index contributed by atoms with van der Waals surface area (Å²) in [5.74, 6) is -2.98. The first-order valence-electron chi connectivity index (χ1n) is 6.85. The largest absolute Gasteiger partial charge is 0.507 e. The molecule has 0 radical (unpaired) electrons. The van der Waals surface area contributed by atoms with Gasteiger partial charge in [-0.1, -0.05) is 17.7 Å². The van der Waals surface area contributed by atoms with Crippen LogP contribution in [0.25, 0.3) is 5.76 Å². The molecule has 3 rings (SSSR count). The Labute approximate surface area is 131 Å². The van der Waals surface area contributed by atoms with Crippen LogP contribution in [0, 0.1) is 6.92 Å². The highest BCUT2D eigenvalue weighted by Gasteiger charge is 2.32. The number of phenolic OH excluding ortho intramolecular Hbond substituents is 3. The first kappa shape index (κ1) is 14.8. The maximum atomic E-state index is 11.4. The molecular weight excluding hydrogens is 300 g/mol. The van der Waals surface area contributed by atoms with Crippen molar-refractivity contribution in [2.75, 3.05) is 0 Å². The highest BCUT2D eigenvalue weighted by atomic mass is 16.5. The lowest BCUT2D eigenvalue weighted by Gasteiger charge is -2.25. The smallest absolute Gasteiger partial charge is 0.201 e. The molecule has 1 aliphatic heterocycles. The Morgan fingerprint density at radius 3 is 2.48 bits per heavy atom. The Morgan fingerprint density at radius 2 is 1.78 bits per heavy atom. The minimum Gasteiger partial charge on any atom is -0.507 e. The van der Waals surface area contributed by atoms with Crippen LogP contribution < -0.4 is 4.74 Å². The van der Waals surface area contributed by atoms with Gasteiger partial charge in [-0.15, -0.1) is 0 Å². The van der Waals surface area contributed by atoms with Crippen LogP contribution in [0.5, 0.6) is 23.0 Å².